The van der Waals surface area contributed by atoms with Crippen LogP contribution in [0.1, 0.15) is 79.6 Å². The van der Waals surface area contributed by atoms with Gasteiger partial charge in [-0.1, -0.05) is 41.0 Å². The molecule has 0 aromatic heterocycles. The number of ether oxygens (including phenoxy) is 1. The van der Waals surface area contributed by atoms with Crippen molar-refractivity contribution in [2.24, 2.45) is 28.6 Å². The van der Waals surface area contributed by atoms with Gasteiger partial charge in [0, 0.05) is 30.6 Å². The molecule has 0 aromatic carbocycles. The Labute approximate surface area is 188 Å². The first-order valence-corrected chi connectivity index (χ1v) is 13.4. The number of carbonyl (C=O) groups excluding carboxylic acids is 2. The van der Waals surface area contributed by atoms with E-state index < -0.39 is 0 Å². The van der Waals surface area contributed by atoms with E-state index in [1.807, 2.05) is 0 Å². The van der Waals surface area contributed by atoms with Crippen molar-refractivity contribution < 1.29 is 14.3 Å². The van der Waals surface area contributed by atoms with Crippen LogP contribution in [0.25, 0.3) is 0 Å². The van der Waals surface area contributed by atoms with Crippen LogP contribution in [0.4, 0.5) is 0 Å². The summed E-state index contributed by atoms with van der Waals surface area (Å²) in [6, 6.07) is 0. The van der Waals surface area contributed by atoms with Crippen molar-refractivity contribution in [1.82, 2.24) is 4.90 Å². The molecule has 3 fully saturated rings. The second-order valence-corrected chi connectivity index (χ2v) is 11.9. The normalized spacial score (nSPS) is 35.6. The first-order valence-electron chi connectivity index (χ1n) is 12.2. The Balaban J connectivity index is 1.67. The molecule has 3 saturated carbocycles. The number of ketones is 1. The Morgan fingerprint density at radius 3 is 2.63 bits per heavy atom. The molecular formula is C25H43NO3S. The second kappa shape index (κ2) is 9.94. The molecule has 0 N–H and O–H groups in total. The first-order chi connectivity index (χ1) is 14.2. The second-order valence-electron chi connectivity index (χ2n) is 10.8. The van der Waals surface area contributed by atoms with Crippen molar-refractivity contribution in [2.75, 3.05) is 31.1 Å². The monoisotopic (exact) mass is 437 g/mol. The van der Waals surface area contributed by atoms with E-state index in [1.165, 1.54) is 12.8 Å². The quantitative estimate of drug-likeness (QED) is 0.386. The summed E-state index contributed by atoms with van der Waals surface area (Å²) in [5.74, 6) is 2.62. The molecule has 30 heavy (non-hydrogen) atoms. The van der Waals surface area contributed by atoms with Gasteiger partial charge in [0.2, 0.25) is 0 Å². The van der Waals surface area contributed by atoms with Crippen molar-refractivity contribution in [3.8, 4) is 0 Å². The van der Waals surface area contributed by atoms with Crippen LogP contribution in [0.15, 0.2) is 0 Å². The maximum absolute atomic E-state index is 13.0. The predicted molar refractivity (Wildman–Crippen MR) is 125 cm³/mol. The van der Waals surface area contributed by atoms with Crippen molar-refractivity contribution in [1.29, 1.82) is 0 Å². The Bertz CT molecular complexity index is 618. The van der Waals surface area contributed by atoms with Crippen LogP contribution in [0.5, 0.6) is 0 Å². The molecule has 2 bridgehead atoms. The molecule has 4 nitrogen and oxygen atoms in total. The van der Waals surface area contributed by atoms with Crippen molar-refractivity contribution in [3.05, 3.63) is 0 Å². The van der Waals surface area contributed by atoms with Crippen LogP contribution >= 0.6 is 11.8 Å². The highest BCUT2D eigenvalue weighted by Crippen LogP contribution is 2.61. The number of esters is 1. The van der Waals surface area contributed by atoms with Crippen LogP contribution in [0, 0.1) is 28.6 Å². The van der Waals surface area contributed by atoms with Gasteiger partial charge in [-0.15, -0.1) is 11.8 Å². The minimum atomic E-state index is -0.106. The molecule has 0 heterocycles. The van der Waals surface area contributed by atoms with Gasteiger partial charge >= 0.3 is 5.97 Å². The van der Waals surface area contributed by atoms with Gasteiger partial charge in [-0.3, -0.25) is 9.59 Å². The van der Waals surface area contributed by atoms with E-state index >= 15 is 0 Å². The Morgan fingerprint density at radius 2 is 1.93 bits per heavy atom. The van der Waals surface area contributed by atoms with Gasteiger partial charge in [-0.05, 0) is 61.9 Å². The molecule has 0 amide bonds. The fourth-order valence-electron chi connectivity index (χ4n) is 6.56. The van der Waals surface area contributed by atoms with Gasteiger partial charge in [0.05, 0.1) is 5.75 Å². The molecule has 0 spiro atoms. The lowest BCUT2D eigenvalue weighted by molar-refractivity contribution is -0.162. The van der Waals surface area contributed by atoms with Crippen molar-refractivity contribution in [3.63, 3.8) is 0 Å². The third kappa shape index (κ3) is 5.09. The lowest BCUT2D eigenvalue weighted by atomic mass is 9.53. The lowest BCUT2D eigenvalue weighted by Crippen LogP contribution is -2.50. The van der Waals surface area contributed by atoms with Gasteiger partial charge < -0.3 is 9.64 Å². The largest absolute Gasteiger partial charge is 0.461 e. The summed E-state index contributed by atoms with van der Waals surface area (Å²) in [6.07, 6.45) is 7.12. The van der Waals surface area contributed by atoms with E-state index in [1.54, 1.807) is 11.8 Å². The van der Waals surface area contributed by atoms with E-state index in [0.29, 0.717) is 17.5 Å². The summed E-state index contributed by atoms with van der Waals surface area (Å²) in [5, 5.41) is 0. The summed E-state index contributed by atoms with van der Waals surface area (Å²) >= 11 is 1.68. The summed E-state index contributed by atoms with van der Waals surface area (Å²) in [4.78, 5) is 28.1. The lowest BCUT2D eigenvalue weighted by Gasteiger charge is -2.52. The number of thioether (sulfide) groups is 1. The average molecular weight is 438 g/mol. The Hall–Kier alpha value is -0.550. The van der Waals surface area contributed by atoms with E-state index in [2.05, 4.69) is 39.5 Å². The number of hydrogen-bond acceptors (Lipinski definition) is 5. The third-order valence-corrected chi connectivity index (χ3v) is 9.63. The highest BCUT2D eigenvalue weighted by atomic mass is 32.2. The predicted octanol–water partition coefficient (Wildman–Crippen LogP) is 5.19. The average Bonchev–Trinajstić information content (AvgIpc) is 3.03. The zero-order chi connectivity index (χ0) is 21.9. The Morgan fingerprint density at radius 1 is 1.20 bits per heavy atom. The molecule has 3 aliphatic carbocycles. The zero-order valence-corrected chi connectivity index (χ0v) is 20.7. The topological polar surface area (TPSA) is 46.6 Å². The first kappa shape index (κ1) is 24.1. The maximum atomic E-state index is 13.0. The minimum absolute atomic E-state index is 0.0878. The maximum Gasteiger partial charge on any atom is 0.316 e. The summed E-state index contributed by atoms with van der Waals surface area (Å²) in [6.45, 7) is 14.5. The molecule has 3 unspecified atom stereocenters. The van der Waals surface area contributed by atoms with Crippen molar-refractivity contribution >= 4 is 23.5 Å². The molecule has 5 heteroatoms. The van der Waals surface area contributed by atoms with Gasteiger partial charge in [0.15, 0.2) is 0 Å². The SMILES string of the molecule is CCN(CC)CCSCC(=O)O[C@@H]1CC(C)(C)[C@@H](C)CC23CCCC1C2C(=O)CC3. The summed E-state index contributed by atoms with van der Waals surface area (Å²) in [7, 11) is 0. The smallest absolute Gasteiger partial charge is 0.316 e. The van der Waals surface area contributed by atoms with Gasteiger partial charge in [-0.25, -0.2) is 0 Å². The standard InChI is InChI=1S/C25H43NO3S/c1-6-26(7-2)13-14-30-17-22(28)29-21-16-24(4,5)18(3)15-25-11-8-9-19(21)23(25)20(27)10-12-25/h18-19,21,23H,6-17H2,1-5H3/t18-,19?,21+,23?,25?/m0/s1. The molecule has 0 radical (unpaired) electrons. The van der Waals surface area contributed by atoms with Crippen LogP contribution in [0.2, 0.25) is 0 Å². The number of Topliss-reactive ketones (excluding diaryl/α,β-unsaturated/α-hetero) is 1. The molecular weight excluding hydrogens is 394 g/mol. The van der Waals surface area contributed by atoms with E-state index in [-0.39, 0.29) is 34.7 Å². The molecule has 3 rings (SSSR count). The molecule has 5 atom stereocenters. The van der Waals surface area contributed by atoms with Gasteiger partial charge in [-0.2, -0.15) is 0 Å². The summed E-state index contributed by atoms with van der Waals surface area (Å²) in [5.41, 5.74) is 0.292. The Kier molecular flexibility index (Phi) is 7.98. The van der Waals surface area contributed by atoms with Crippen molar-refractivity contribution in [2.45, 2.75) is 85.7 Å². The molecule has 3 aliphatic rings. The molecule has 0 saturated heterocycles. The molecule has 0 aliphatic heterocycles. The summed E-state index contributed by atoms with van der Waals surface area (Å²) < 4.78 is 6.18. The van der Waals surface area contributed by atoms with E-state index in [0.717, 1.165) is 57.5 Å². The van der Waals surface area contributed by atoms with Crippen LogP contribution in [-0.2, 0) is 14.3 Å². The fourth-order valence-corrected chi connectivity index (χ4v) is 7.33. The number of rotatable bonds is 8. The van der Waals surface area contributed by atoms with Crippen LogP contribution in [0.3, 0.4) is 0 Å². The zero-order valence-electron chi connectivity index (χ0n) is 19.9. The number of hydrogen-bond donors (Lipinski definition) is 0. The van der Waals surface area contributed by atoms with Gasteiger partial charge in [0.25, 0.3) is 0 Å². The van der Waals surface area contributed by atoms with E-state index in [4.69, 9.17) is 4.74 Å². The molecule has 0 aromatic rings. The minimum Gasteiger partial charge on any atom is -0.461 e. The van der Waals surface area contributed by atoms with Crippen LogP contribution in [-0.4, -0.2) is 53.9 Å². The third-order valence-electron chi connectivity index (χ3n) is 8.72. The van der Waals surface area contributed by atoms with E-state index in [9.17, 15) is 9.59 Å². The molecule has 172 valence electrons. The van der Waals surface area contributed by atoms with Gasteiger partial charge in [0.1, 0.15) is 11.9 Å². The number of nitrogens with zero attached hydrogens (tertiary/aromatic N) is 1. The highest BCUT2D eigenvalue weighted by Gasteiger charge is 2.58. The van der Waals surface area contributed by atoms with Crippen LogP contribution < -0.4 is 0 Å². The number of carbonyl (C=O) groups is 2. The fraction of sp³-hybridized carbons (Fsp3) is 0.920. The highest BCUT2D eigenvalue weighted by molar-refractivity contribution is 7.99.